The fourth-order valence-corrected chi connectivity index (χ4v) is 8.28. The minimum atomic E-state index is -0.118. The topological polar surface area (TPSA) is 0 Å². The maximum Gasteiger partial charge on any atom is 0.0899 e. The van der Waals surface area contributed by atoms with Gasteiger partial charge in [-0.1, -0.05) is 33.6 Å². The van der Waals surface area contributed by atoms with E-state index in [0.717, 1.165) is 30.1 Å². The third kappa shape index (κ3) is 2.13. The molecule has 0 aliphatic heterocycles. The van der Waals surface area contributed by atoms with Gasteiger partial charge in [0.1, 0.15) is 0 Å². The van der Waals surface area contributed by atoms with Gasteiger partial charge >= 0.3 is 0 Å². The van der Waals surface area contributed by atoms with Gasteiger partial charge in [-0.25, -0.2) is 0 Å². The van der Waals surface area contributed by atoms with Gasteiger partial charge in [0, 0.05) is 0 Å². The second kappa shape index (κ2) is 5.46. The van der Waals surface area contributed by atoms with Crippen molar-refractivity contribution in [1.82, 2.24) is 0 Å². The van der Waals surface area contributed by atoms with E-state index < -0.39 is 0 Å². The van der Waals surface area contributed by atoms with Crippen LogP contribution in [0, 0.1) is 39.9 Å². The number of halogens is 1. The van der Waals surface area contributed by atoms with Crippen LogP contribution in [0.5, 0.6) is 0 Å². The molecule has 0 bridgehead atoms. The van der Waals surface area contributed by atoms with Crippen LogP contribution in [0.3, 0.4) is 0 Å². The van der Waals surface area contributed by atoms with Gasteiger partial charge in [-0.3, -0.25) is 4.39 Å². The van der Waals surface area contributed by atoms with Crippen molar-refractivity contribution in [3.8, 4) is 0 Å². The molecule has 0 aromatic heterocycles. The molecule has 0 saturated heterocycles. The molecule has 4 fully saturated rings. The van der Waals surface area contributed by atoms with E-state index in [1.807, 2.05) is 0 Å². The Bertz CT molecular complexity index is 459. The third-order valence-corrected chi connectivity index (χ3v) is 10.0. The van der Waals surface area contributed by atoms with Crippen molar-refractivity contribution >= 4 is 0 Å². The zero-order chi connectivity index (χ0) is 16.3. The highest BCUT2D eigenvalue weighted by molar-refractivity contribution is 5.11. The molecule has 23 heavy (non-hydrogen) atoms. The molecule has 132 valence electrons. The second-order valence-corrected chi connectivity index (χ2v) is 10.4. The highest BCUT2D eigenvalue weighted by Gasteiger charge is 2.62. The summed E-state index contributed by atoms with van der Waals surface area (Å²) in [6, 6.07) is 0. The number of rotatable bonds is 2. The first-order valence-corrected chi connectivity index (χ1v) is 10.5. The first kappa shape index (κ1) is 16.4. The quantitative estimate of drug-likeness (QED) is 0.525. The van der Waals surface area contributed by atoms with Crippen molar-refractivity contribution in [2.24, 2.45) is 39.9 Å². The van der Waals surface area contributed by atoms with Crippen molar-refractivity contribution < 1.29 is 4.39 Å². The maximum absolute atomic E-state index is 13.2. The third-order valence-electron chi connectivity index (χ3n) is 10.0. The Kier molecular flexibility index (Phi) is 3.90. The van der Waals surface area contributed by atoms with Crippen molar-refractivity contribution in [3.63, 3.8) is 0 Å². The van der Waals surface area contributed by atoms with Crippen molar-refractivity contribution in [2.75, 3.05) is 6.67 Å². The molecule has 0 amide bonds. The normalized spacial score (nSPS) is 55.8. The lowest BCUT2D eigenvalue weighted by atomic mass is 9.43. The molecule has 0 spiro atoms. The average Bonchev–Trinajstić information content (AvgIpc) is 2.79. The predicted molar refractivity (Wildman–Crippen MR) is 95.0 cm³/mol. The predicted octanol–water partition coefficient (Wildman–Crippen LogP) is 6.79. The van der Waals surface area contributed by atoms with Gasteiger partial charge in [0.15, 0.2) is 0 Å². The van der Waals surface area contributed by atoms with Gasteiger partial charge in [0.05, 0.1) is 6.67 Å². The Hall–Kier alpha value is -0.0700. The molecule has 7 atom stereocenters. The van der Waals surface area contributed by atoms with Gasteiger partial charge in [0.2, 0.25) is 0 Å². The van der Waals surface area contributed by atoms with Crippen LogP contribution >= 0.6 is 0 Å². The lowest BCUT2D eigenvalue weighted by Crippen LogP contribution is -2.54. The molecule has 0 N–H and O–H groups in total. The van der Waals surface area contributed by atoms with Crippen LogP contribution in [0.1, 0.15) is 91.4 Å². The Morgan fingerprint density at radius 1 is 0.826 bits per heavy atom. The first-order valence-electron chi connectivity index (χ1n) is 10.5. The van der Waals surface area contributed by atoms with Gasteiger partial charge in [-0.2, -0.15) is 0 Å². The monoisotopic (exact) mass is 320 g/mol. The summed E-state index contributed by atoms with van der Waals surface area (Å²) < 4.78 is 13.2. The molecule has 0 aromatic carbocycles. The van der Waals surface area contributed by atoms with Gasteiger partial charge in [0.25, 0.3) is 0 Å². The van der Waals surface area contributed by atoms with E-state index in [1.165, 1.54) is 64.2 Å². The van der Waals surface area contributed by atoms with E-state index in [2.05, 4.69) is 20.8 Å². The Morgan fingerprint density at radius 2 is 1.61 bits per heavy atom. The van der Waals surface area contributed by atoms with Gasteiger partial charge in [-0.05, 0) is 97.7 Å². The molecule has 1 unspecified atom stereocenters. The van der Waals surface area contributed by atoms with Crippen molar-refractivity contribution in [1.29, 1.82) is 0 Å². The van der Waals surface area contributed by atoms with Crippen LogP contribution in [0.2, 0.25) is 0 Å². The standard InChI is InChI=1S/C22H37F/c1-20(14-15-23)12-9-19-17-8-7-16-6-4-5-11-21(16,2)18(17)10-13-22(19,20)3/h16-19H,4-15H2,1-3H3/t16?,17-,18+,19+,20-,21+,22+/m1/s1. The molecular weight excluding hydrogens is 283 g/mol. The van der Waals surface area contributed by atoms with E-state index in [0.29, 0.717) is 10.8 Å². The fraction of sp³-hybridized carbons (Fsp3) is 1.00. The van der Waals surface area contributed by atoms with Crippen molar-refractivity contribution in [3.05, 3.63) is 0 Å². The van der Waals surface area contributed by atoms with Gasteiger partial charge in [-0.15, -0.1) is 0 Å². The summed E-state index contributed by atoms with van der Waals surface area (Å²) >= 11 is 0. The molecule has 1 heteroatoms. The molecule has 0 radical (unpaired) electrons. The van der Waals surface area contributed by atoms with Gasteiger partial charge < -0.3 is 0 Å². The molecule has 0 nitrogen and oxygen atoms in total. The fourth-order valence-electron chi connectivity index (χ4n) is 8.28. The summed E-state index contributed by atoms with van der Waals surface area (Å²) in [5.74, 6) is 3.83. The lowest BCUT2D eigenvalue weighted by molar-refractivity contribution is -0.124. The van der Waals surface area contributed by atoms with E-state index in [4.69, 9.17) is 0 Å². The van der Waals surface area contributed by atoms with Crippen LogP contribution in [-0.4, -0.2) is 6.67 Å². The number of fused-ring (bicyclic) bond motifs is 5. The highest BCUT2D eigenvalue weighted by atomic mass is 19.1. The maximum atomic E-state index is 13.2. The Labute approximate surface area is 143 Å². The Morgan fingerprint density at radius 3 is 2.39 bits per heavy atom. The molecule has 4 aliphatic carbocycles. The van der Waals surface area contributed by atoms with E-state index in [-0.39, 0.29) is 12.1 Å². The average molecular weight is 321 g/mol. The largest absolute Gasteiger partial charge is 0.251 e. The van der Waals surface area contributed by atoms with E-state index >= 15 is 0 Å². The summed E-state index contributed by atoms with van der Waals surface area (Å²) in [7, 11) is 0. The molecule has 4 rings (SSSR count). The second-order valence-electron chi connectivity index (χ2n) is 10.4. The molecule has 0 aromatic rings. The molecule has 0 heterocycles. The van der Waals surface area contributed by atoms with Crippen LogP contribution in [-0.2, 0) is 0 Å². The van der Waals surface area contributed by atoms with Crippen LogP contribution in [0.25, 0.3) is 0 Å². The summed E-state index contributed by atoms with van der Waals surface area (Å²) in [6.45, 7) is 7.51. The number of hydrogen-bond donors (Lipinski definition) is 0. The molecule has 4 saturated carbocycles. The van der Waals surface area contributed by atoms with Crippen LogP contribution in [0.15, 0.2) is 0 Å². The number of hydrogen-bond acceptors (Lipinski definition) is 0. The smallest absolute Gasteiger partial charge is 0.0899 e. The molecular formula is C22H37F. The van der Waals surface area contributed by atoms with Crippen LogP contribution < -0.4 is 0 Å². The summed E-state index contributed by atoms with van der Waals surface area (Å²) in [5, 5.41) is 0. The van der Waals surface area contributed by atoms with E-state index in [1.54, 1.807) is 0 Å². The van der Waals surface area contributed by atoms with E-state index in [9.17, 15) is 4.39 Å². The zero-order valence-electron chi connectivity index (χ0n) is 15.7. The lowest BCUT2D eigenvalue weighted by Gasteiger charge is -2.61. The Balaban J connectivity index is 1.63. The summed E-state index contributed by atoms with van der Waals surface area (Å²) in [6.07, 6.45) is 15.2. The molecule has 4 aliphatic rings. The summed E-state index contributed by atoms with van der Waals surface area (Å²) in [5.41, 5.74) is 1.32. The first-order chi connectivity index (χ1) is 10.9. The summed E-state index contributed by atoms with van der Waals surface area (Å²) in [4.78, 5) is 0. The minimum Gasteiger partial charge on any atom is -0.251 e. The minimum absolute atomic E-state index is 0.118. The number of alkyl halides is 1. The highest BCUT2D eigenvalue weighted by Crippen LogP contribution is 2.70. The SMILES string of the molecule is C[C@]1(CCF)CC[C@H]2[C@@H]3CCC4CCCC[C@]4(C)[C@H]3CC[C@@]21C. The zero-order valence-corrected chi connectivity index (χ0v) is 15.7. The van der Waals surface area contributed by atoms with Crippen molar-refractivity contribution in [2.45, 2.75) is 91.4 Å². The van der Waals surface area contributed by atoms with Crippen LogP contribution in [0.4, 0.5) is 4.39 Å².